The zero-order valence-corrected chi connectivity index (χ0v) is 33.3. The van der Waals surface area contributed by atoms with Gasteiger partial charge in [-0.2, -0.15) is 0 Å². The average molecular weight is 749 g/mol. The Morgan fingerprint density at radius 1 is 0.603 bits per heavy atom. The van der Waals surface area contributed by atoms with Crippen LogP contribution in [0, 0.1) is 0 Å². The summed E-state index contributed by atoms with van der Waals surface area (Å²) in [5, 5.41) is 2.43. The van der Waals surface area contributed by atoms with Crippen LogP contribution >= 0.6 is 0 Å². The van der Waals surface area contributed by atoms with Gasteiger partial charge in [0, 0.05) is 17.5 Å². The molecule has 0 heterocycles. The van der Waals surface area contributed by atoms with Crippen LogP contribution in [0.15, 0.2) is 241 Å². The highest BCUT2D eigenvalue weighted by molar-refractivity contribution is 6.12. The lowest BCUT2D eigenvalue weighted by molar-refractivity contribution is 1.22. The van der Waals surface area contributed by atoms with E-state index < -0.39 is 0 Å². The number of hydrogen-bond acceptors (Lipinski definition) is 1. The van der Waals surface area contributed by atoms with Crippen molar-refractivity contribution in [3.8, 4) is 33.4 Å². The lowest BCUT2D eigenvalue weighted by Crippen LogP contribution is -2.04. The smallest absolute Gasteiger partial charge is 0.159 e. The fourth-order valence-corrected chi connectivity index (χ4v) is 6.93. The van der Waals surface area contributed by atoms with Gasteiger partial charge in [0.2, 0.25) is 0 Å². The van der Waals surface area contributed by atoms with Crippen molar-refractivity contribution >= 4 is 27.9 Å². The minimum atomic E-state index is 0.632. The normalized spacial score (nSPS) is 14.4. The standard InChI is InChI=1S/C56H48N2/c1-4-6-7-8-9-21-34-57-56(58-42(3)45-24-15-11-16-25-45)55-40-51(46-26-17-12-18-27-46)38-54(41-55)53-37-50(44(5-2)31-30-43-22-13-10-14-23-43)36-52(39-53)49-33-32-47-28-19-20-29-48(47)35-49/h5-22,24-41H,2,4,23H2,1,3H3/b7-6+,9-8-,34-21-,43-30-,44-31+,57-56?,58-42?. The van der Waals surface area contributed by atoms with Gasteiger partial charge in [-0.15, -0.1) is 0 Å². The Labute approximate surface area is 344 Å². The summed E-state index contributed by atoms with van der Waals surface area (Å²) in [6.45, 7) is 8.44. The van der Waals surface area contributed by atoms with Crippen LogP contribution in [-0.4, -0.2) is 11.5 Å². The zero-order valence-electron chi connectivity index (χ0n) is 33.3. The van der Waals surface area contributed by atoms with Crippen molar-refractivity contribution in [2.45, 2.75) is 26.7 Å². The van der Waals surface area contributed by atoms with Gasteiger partial charge >= 0.3 is 0 Å². The molecule has 0 atom stereocenters. The predicted octanol–water partition coefficient (Wildman–Crippen LogP) is 15.1. The predicted molar refractivity (Wildman–Crippen MR) is 252 cm³/mol. The van der Waals surface area contributed by atoms with Crippen molar-refractivity contribution in [1.29, 1.82) is 0 Å². The molecule has 0 radical (unpaired) electrons. The Morgan fingerprint density at radius 3 is 1.97 bits per heavy atom. The molecule has 0 bridgehead atoms. The minimum Gasteiger partial charge on any atom is -0.237 e. The molecule has 0 fully saturated rings. The first-order valence-electron chi connectivity index (χ1n) is 20.0. The Balaban J connectivity index is 1.43. The molecule has 0 amide bonds. The van der Waals surface area contributed by atoms with Gasteiger partial charge in [-0.1, -0.05) is 177 Å². The number of hydrogen-bond donors (Lipinski definition) is 0. The molecule has 0 aliphatic heterocycles. The van der Waals surface area contributed by atoms with E-state index in [1.54, 1.807) is 0 Å². The topological polar surface area (TPSA) is 24.7 Å². The molecule has 58 heavy (non-hydrogen) atoms. The molecule has 7 rings (SSSR count). The number of fused-ring (bicyclic) bond motifs is 1. The molecule has 0 spiro atoms. The number of nitrogens with zero attached hydrogens (tertiary/aromatic N) is 2. The van der Waals surface area contributed by atoms with E-state index >= 15 is 0 Å². The lowest BCUT2D eigenvalue weighted by atomic mass is 9.90. The van der Waals surface area contributed by atoms with E-state index in [1.807, 2.05) is 55.6 Å². The Bertz CT molecular complexity index is 2670. The third-order valence-electron chi connectivity index (χ3n) is 10.0. The minimum absolute atomic E-state index is 0.632. The summed E-state index contributed by atoms with van der Waals surface area (Å²) >= 11 is 0. The van der Waals surface area contributed by atoms with E-state index in [9.17, 15) is 0 Å². The van der Waals surface area contributed by atoms with Gasteiger partial charge in [0.25, 0.3) is 0 Å². The van der Waals surface area contributed by atoms with Crippen LogP contribution in [0.1, 0.15) is 43.4 Å². The first-order chi connectivity index (χ1) is 28.6. The van der Waals surface area contributed by atoms with Crippen LogP contribution in [0.4, 0.5) is 0 Å². The van der Waals surface area contributed by atoms with Gasteiger partial charge < -0.3 is 0 Å². The fraction of sp³-hybridized carbons (Fsp3) is 0.0714. The molecule has 0 N–H and O–H groups in total. The van der Waals surface area contributed by atoms with Crippen molar-refractivity contribution in [3.63, 3.8) is 0 Å². The van der Waals surface area contributed by atoms with E-state index in [0.717, 1.165) is 74.2 Å². The van der Waals surface area contributed by atoms with E-state index in [-0.39, 0.29) is 0 Å². The molecule has 2 nitrogen and oxygen atoms in total. The highest BCUT2D eigenvalue weighted by Crippen LogP contribution is 2.36. The highest BCUT2D eigenvalue weighted by atomic mass is 14.9. The van der Waals surface area contributed by atoms with Crippen LogP contribution in [0.25, 0.3) is 49.7 Å². The molecule has 1 aliphatic rings. The largest absolute Gasteiger partial charge is 0.237 e. The number of allylic oxidation sites excluding steroid dienone is 14. The summed E-state index contributed by atoms with van der Waals surface area (Å²) in [5.41, 5.74) is 12.9. The van der Waals surface area contributed by atoms with Crippen molar-refractivity contribution in [2.24, 2.45) is 9.98 Å². The van der Waals surface area contributed by atoms with Gasteiger partial charge in [0.05, 0.1) is 0 Å². The van der Waals surface area contributed by atoms with Crippen molar-refractivity contribution < 1.29 is 0 Å². The summed E-state index contributed by atoms with van der Waals surface area (Å²) in [6.07, 6.45) is 28.8. The van der Waals surface area contributed by atoms with E-state index in [4.69, 9.17) is 9.98 Å². The van der Waals surface area contributed by atoms with Gasteiger partial charge in [-0.05, 0) is 135 Å². The van der Waals surface area contributed by atoms with Crippen molar-refractivity contribution in [2.75, 3.05) is 0 Å². The number of aliphatic imine (C=N–C) groups is 2. The van der Waals surface area contributed by atoms with E-state index in [2.05, 4.69) is 183 Å². The van der Waals surface area contributed by atoms with Crippen molar-refractivity contribution in [3.05, 3.63) is 247 Å². The molecule has 0 saturated heterocycles. The Morgan fingerprint density at radius 2 is 1.26 bits per heavy atom. The highest BCUT2D eigenvalue weighted by Gasteiger charge is 2.14. The zero-order chi connectivity index (χ0) is 39.9. The van der Waals surface area contributed by atoms with Gasteiger partial charge in [0.15, 0.2) is 5.84 Å². The number of amidine groups is 1. The van der Waals surface area contributed by atoms with Crippen LogP contribution in [0.2, 0.25) is 0 Å². The van der Waals surface area contributed by atoms with Crippen LogP contribution < -0.4 is 0 Å². The van der Waals surface area contributed by atoms with E-state index in [1.165, 1.54) is 16.3 Å². The van der Waals surface area contributed by atoms with Gasteiger partial charge in [-0.25, -0.2) is 9.98 Å². The summed E-state index contributed by atoms with van der Waals surface area (Å²) in [4.78, 5) is 10.2. The molecule has 2 heteroatoms. The maximum absolute atomic E-state index is 5.19. The summed E-state index contributed by atoms with van der Waals surface area (Å²) in [5.74, 6) is 0.632. The lowest BCUT2D eigenvalue weighted by Gasteiger charge is -2.15. The first kappa shape index (κ1) is 39.1. The van der Waals surface area contributed by atoms with Crippen LogP contribution in [0.3, 0.4) is 0 Å². The maximum atomic E-state index is 5.19. The average Bonchev–Trinajstić information content (AvgIpc) is 3.29. The number of benzene rings is 6. The second kappa shape index (κ2) is 19.6. The van der Waals surface area contributed by atoms with E-state index in [0.29, 0.717) is 5.84 Å². The SMILES string of the molecule is C=C/C(=C\C=C1\C=CC=CC1)c1cc(-c2cc(C(N=C(C)c3ccccc3)=N\C=C/C=C\C=C\CC)cc(-c3ccccc3)c2)cc(-c2ccc3ccccc3c2)c1. The first-order valence-corrected chi connectivity index (χ1v) is 20.0. The molecule has 0 unspecified atom stereocenters. The summed E-state index contributed by atoms with van der Waals surface area (Å²) < 4.78 is 0. The third kappa shape index (κ3) is 10.2. The Kier molecular flexibility index (Phi) is 13.2. The molecule has 6 aromatic rings. The monoisotopic (exact) mass is 748 g/mol. The second-order valence-corrected chi connectivity index (χ2v) is 14.2. The molecular weight excluding hydrogens is 701 g/mol. The molecule has 6 aromatic carbocycles. The molecular formula is C56H48N2. The van der Waals surface area contributed by atoms with Gasteiger partial charge in [0.1, 0.15) is 0 Å². The quantitative estimate of drug-likeness (QED) is 0.0676. The third-order valence-corrected chi connectivity index (χ3v) is 10.0. The maximum Gasteiger partial charge on any atom is 0.159 e. The number of rotatable bonds is 12. The van der Waals surface area contributed by atoms with Crippen LogP contribution in [0.5, 0.6) is 0 Å². The van der Waals surface area contributed by atoms with Crippen molar-refractivity contribution in [1.82, 2.24) is 0 Å². The van der Waals surface area contributed by atoms with Gasteiger partial charge in [-0.3, -0.25) is 0 Å². The fourth-order valence-electron chi connectivity index (χ4n) is 6.93. The molecule has 1 aliphatic carbocycles. The summed E-state index contributed by atoms with van der Waals surface area (Å²) in [6, 6.07) is 49.6. The summed E-state index contributed by atoms with van der Waals surface area (Å²) in [7, 11) is 0. The molecule has 282 valence electrons. The second-order valence-electron chi connectivity index (χ2n) is 14.2. The molecule has 0 saturated carbocycles. The Hall–Kier alpha value is -7.16. The molecule has 0 aromatic heterocycles. The van der Waals surface area contributed by atoms with Crippen LogP contribution in [-0.2, 0) is 0 Å².